The molecule has 0 saturated carbocycles. The monoisotopic (exact) mass is 378 g/mol. The Morgan fingerprint density at radius 1 is 1.24 bits per heavy atom. The Labute approximate surface area is 152 Å². The van der Waals surface area contributed by atoms with Crippen LogP contribution in [0.5, 0.6) is 0 Å². The van der Waals surface area contributed by atoms with Gasteiger partial charge in [-0.15, -0.1) is 11.3 Å². The molecule has 1 amide bonds. The number of carbonyl (C=O) groups excluding carboxylic acids is 1. The zero-order chi connectivity index (χ0) is 18.0. The minimum absolute atomic E-state index is 0.138. The van der Waals surface area contributed by atoms with Crippen LogP contribution < -0.4 is 0 Å². The first-order valence-corrected chi connectivity index (χ1v) is 10.7. The molecule has 5 nitrogen and oxygen atoms in total. The molecular formula is C18H22N2O3S2. The largest absolute Gasteiger partial charge is 0.339 e. The molecule has 3 rings (SSSR count). The van der Waals surface area contributed by atoms with Gasteiger partial charge in [0.25, 0.3) is 5.91 Å². The van der Waals surface area contributed by atoms with Crippen LogP contribution in [0.2, 0.25) is 0 Å². The van der Waals surface area contributed by atoms with E-state index in [4.69, 9.17) is 0 Å². The van der Waals surface area contributed by atoms with Gasteiger partial charge >= 0.3 is 0 Å². The first-order chi connectivity index (χ1) is 12.0. The third kappa shape index (κ3) is 3.49. The Hall–Kier alpha value is -1.70. The number of hydrogen-bond donors (Lipinski definition) is 0. The van der Waals surface area contributed by atoms with E-state index in [0.29, 0.717) is 31.7 Å². The maximum absolute atomic E-state index is 13.0. The molecule has 0 atom stereocenters. The molecule has 0 aliphatic carbocycles. The number of fused-ring (bicyclic) bond motifs is 1. The molecule has 2 aromatic rings. The number of amides is 1. The third-order valence-corrected chi connectivity index (χ3v) is 7.41. The lowest BCUT2D eigenvalue weighted by Crippen LogP contribution is -2.35. The predicted molar refractivity (Wildman–Crippen MR) is 99.3 cm³/mol. The fourth-order valence-electron chi connectivity index (χ4n) is 3.06. The first kappa shape index (κ1) is 18.1. The summed E-state index contributed by atoms with van der Waals surface area (Å²) in [6.45, 7) is 5.89. The molecule has 1 aromatic heterocycles. The lowest BCUT2D eigenvalue weighted by molar-refractivity contribution is 0.0772. The van der Waals surface area contributed by atoms with Gasteiger partial charge in [-0.3, -0.25) is 4.79 Å². The third-order valence-electron chi connectivity index (χ3n) is 4.54. The van der Waals surface area contributed by atoms with Crippen LogP contribution in [0.15, 0.2) is 40.6 Å². The van der Waals surface area contributed by atoms with Gasteiger partial charge < -0.3 is 4.90 Å². The number of carbonyl (C=O) groups is 1. The van der Waals surface area contributed by atoms with Crippen LogP contribution in [-0.4, -0.2) is 43.2 Å². The Bertz CT molecular complexity index is 870. The summed E-state index contributed by atoms with van der Waals surface area (Å²) in [4.78, 5) is 15.6. The quantitative estimate of drug-likeness (QED) is 0.804. The van der Waals surface area contributed by atoms with Crippen LogP contribution in [0.4, 0.5) is 0 Å². The van der Waals surface area contributed by atoms with Crippen LogP contribution in [0.25, 0.3) is 0 Å². The second kappa shape index (κ2) is 7.27. The summed E-state index contributed by atoms with van der Waals surface area (Å²) in [5.74, 6) is -0.138. The highest BCUT2D eigenvalue weighted by atomic mass is 32.2. The minimum Gasteiger partial charge on any atom is -0.339 e. The predicted octanol–water partition coefficient (Wildman–Crippen LogP) is 2.98. The summed E-state index contributed by atoms with van der Waals surface area (Å²) < 4.78 is 27.5. The number of rotatable bonds is 5. The van der Waals surface area contributed by atoms with Crippen molar-refractivity contribution in [3.63, 3.8) is 0 Å². The van der Waals surface area contributed by atoms with Crippen molar-refractivity contribution in [3.8, 4) is 0 Å². The molecule has 0 N–H and O–H groups in total. The van der Waals surface area contributed by atoms with E-state index >= 15 is 0 Å². The van der Waals surface area contributed by atoms with Crippen molar-refractivity contribution in [1.82, 2.24) is 9.21 Å². The number of hydrogen-bond acceptors (Lipinski definition) is 4. The fourth-order valence-corrected chi connectivity index (χ4v) is 5.41. The summed E-state index contributed by atoms with van der Waals surface area (Å²) >= 11 is 1.68. The molecule has 0 unspecified atom stereocenters. The van der Waals surface area contributed by atoms with E-state index in [1.807, 2.05) is 25.3 Å². The second-order valence-electron chi connectivity index (χ2n) is 5.96. The molecule has 2 heterocycles. The summed E-state index contributed by atoms with van der Waals surface area (Å²) in [6.07, 6.45) is 0.740. The standard InChI is InChI=1S/C18H22N2O3S2/c1-3-19(4-2)18(21)14-6-5-7-16(12-14)25(22,23)20-10-8-17-15(13-20)9-11-24-17/h5-7,9,11-12H,3-4,8,10,13H2,1-2H3. The summed E-state index contributed by atoms with van der Waals surface area (Å²) in [5, 5.41) is 2.00. The lowest BCUT2D eigenvalue weighted by atomic mass is 10.1. The second-order valence-corrected chi connectivity index (χ2v) is 8.90. The highest BCUT2D eigenvalue weighted by Crippen LogP contribution is 2.28. The van der Waals surface area contributed by atoms with Crippen molar-refractivity contribution in [2.24, 2.45) is 0 Å². The number of benzene rings is 1. The van der Waals surface area contributed by atoms with Crippen molar-refractivity contribution in [2.45, 2.75) is 31.7 Å². The van der Waals surface area contributed by atoms with Gasteiger partial charge in [0.15, 0.2) is 0 Å². The van der Waals surface area contributed by atoms with Gasteiger partial charge in [-0.1, -0.05) is 6.07 Å². The number of nitrogens with zero attached hydrogens (tertiary/aromatic N) is 2. The maximum atomic E-state index is 13.0. The summed E-state index contributed by atoms with van der Waals surface area (Å²) in [6, 6.07) is 8.37. The first-order valence-electron chi connectivity index (χ1n) is 8.42. The molecule has 1 aliphatic rings. The molecule has 0 radical (unpaired) electrons. The van der Waals surface area contributed by atoms with Gasteiger partial charge in [0, 0.05) is 36.6 Å². The van der Waals surface area contributed by atoms with E-state index in [9.17, 15) is 13.2 Å². The van der Waals surface area contributed by atoms with Crippen molar-refractivity contribution >= 4 is 27.3 Å². The van der Waals surface area contributed by atoms with Crippen LogP contribution >= 0.6 is 11.3 Å². The molecule has 7 heteroatoms. The zero-order valence-corrected chi connectivity index (χ0v) is 16.1. The maximum Gasteiger partial charge on any atom is 0.253 e. The Morgan fingerprint density at radius 3 is 2.72 bits per heavy atom. The Balaban J connectivity index is 1.88. The molecule has 1 aliphatic heterocycles. The molecule has 25 heavy (non-hydrogen) atoms. The highest BCUT2D eigenvalue weighted by Gasteiger charge is 2.29. The molecule has 0 fully saturated rings. The van der Waals surface area contributed by atoms with Crippen molar-refractivity contribution in [2.75, 3.05) is 19.6 Å². The SMILES string of the molecule is CCN(CC)C(=O)c1cccc(S(=O)(=O)N2CCc3sccc3C2)c1. The van der Waals surface area contributed by atoms with E-state index < -0.39 is 10.0 Å². The van der Waals surface area contributed by atoms with Gasteiger partial charge in [0.1, 0.15) is 0 Å². The molecule has 0 bridgehead atoms. The average Bonchev–Trinajstić information content (AvgIpc) is 3.10. The van der Waals surface area contributed by atoms with Gasteiger partial charge in [0.2, 0.25) is 10.0 Å². The molecule has 134 valence electrons. The van der Waals surface area contributed by atoms with Crippen LogP contribution in [0, 0.1) is 0 Å². The van der Waals surface area contributed by atoms with Crippen LogP contribution in [-0.2, 0) is 23.0 Å². The van der Waals surface area contributed by atoms with Gasteiger partial charge in [0.05, 0.1) is 4.90 Å². The van der Waals surface area contributed by atoms with E-state index in [1.54, 1.807) is 34.4 Å². The van der Waals surface area contributed by atoms with Crippen LogP contribution in [0.3, 0.4) is 0 Å². The molecule has 0 saturated heterocycles. The summed E-state index contributed by atoms with van der Waals surface area (Å²) in [7, 11) is -3.61. The van der Waals surface area contributed by atoms with Crippen molar-refractivity contribution in [3.05, 3.63) is 51.7 Å². The normalized spacial score (nSPS) is 15.0. The minimum atomic E-state index is -3.61. The zero-order valence-electron chi connectivity index (χ0n) is 14.4. The topological polar surface area (TPSA) is 57.7 Å². The Kier molecular flexibility index (Phi) is 5.27. The van der Waals surface area contributed by atoms with E-state index in [2.05, 4.69) is 0 Å². The van der Waals surface area contributed by atoms with Gasteiger partial charge in [-0.25, -0.2) is 8.42 Å². The Morgan fingerprint density at radius 2 is 2.00 bits per heavy atom. The van der Waals surface area contributed by atoms with Gasteiger partial charge in [-0.05, 0) is 55.5 Å². The van der Waals surface area contributed by atoms with E-state index in [-0.39, 0.29) is 10.8 Å². The smallest absolute Gasteiger partial charge is 0.253 e. The summed E-state index contributed by atoms with van der Waals surface area (Å²) in [5.41, 5.74) is 1.49. The van der Waals surface area contributed by atoms with Crippen molar-refractivity contribution in [1.29, 1.82) is 0 Å². The van der Waals surface area contributed by atoms with Crippen LogP contribution in [0.1, 0.15) is 34.6 Å². The highest BCUT2D eigenvalue weighted by molar-refractivity contribution is 7.89. The number of sulfonamides is 1. The average molecular weight is 379 g/mol. The van der Waals surface area contributed by atoms with E-state index in [0.717, 1.165) is 12.0 Å². The lowest BCUT2D eigenvalue weighted by Gasteiger charge is -2.26. The van der Waals surface area contributed by atoms with E-state index in [1.165, 1.54) is 15.2 Å². The van der Waals surface area contributed by atoms with Crippen molar-refractivity contribution < 1.29 is 13.2 Å². The molecule has 0 spiro atoms. The molecule has 1 aromatic carbocycles. The fraction of sp³-hybridized carbons (Fsp3) is 0.389. The number of thiophene rings is 1. The van der Waals surface area contributed by atoms with Gasteiger partial charge in [-0.2, -0.15) is 4.31 Å². The molecular weight excluding hydrogens is 356 g/mol.